The SMILES string of the molecule is NC1NO1. The molecule has 1 rings (SSSR count). The monoisotopic (exact) mass is 60.0 g/mol. The number of nitrogens with two attached hydrogens (primary N) is 1. The van der Waals surface area contributed by atoms with Crippen LogP contribution in [0.2, 0.25) is 0 Å². The molecule has 4 heavy (non-hydrogen) atoms. The van der Waals surface area contributed by atoms with E-state index < -0.39 is 0 Å². The molecule has 0 spiro atoms. The summed E-state index contributed by atoms with van der Waals surface area (Å²) in [6.07, 6.45) is -0.167. The summed E-state index contributed by atoms with van der Waals surface area (Å²) in [5.74, 6) is 0. The van der Waals surface area contributed by atoms with Gasteiger partial charge >= 0.3 is 0 Å². The lowest BCUT2D eigenvalue weighted by molar-refractivity contribution is 0.374. The Morgan fingerprint density at radius 1 is 2.00 bits per heavy atom. The Balaban J connectivity index is 2.17. The summed E-state index contributed by atoms with van der Waals surface area (Å²) in [7, 11) is 0. The van der Waals surface area contributed by atoms with E-state index in [1.807, 2.05) is 0 Å². The van der Waals surface area contributed by atoms with Crippen molar-refractivity contribution in [3.05, 3.63) is 0 Å². The molecule has 24 valence electrons. The number of nitrogens with one attached hydrogen (secondary N) is 1. The van der Waals surface area contributed by atoms with Gasteiger partial charge in [-0.15, -0.1) is 0 Å². The summed E-state index contributed by atoms with van der Waals surface area (Å²) in [5, 5.41) is 0. The zero-order chi connectivity index (χ0) is 2.99. The number of hydroxylamine groups is 1. The van der Waals surface area contributed by atoms with Gasteiger partial charge in [0.1, 0.15) is 0 Å². The first kappa shape index (κ1) is 2.14. The predicted molar refractivity (Wildman–Crippen MR) is 12.2 cm³/mol. The Hall–Kier alpha value is -0.120. The first-order valence-electron chi connectivity index (χ1n) is 1.06. The van der Waals surface area contributed by atoms with Crippen LogP contribution in [0, 0.1) is 0 Å². The molecule has 1 aliphatic heterocycles. The van der Waals surface area contributed by atoms with Crippen molar-refractivity contribution in [3.8, 4) is 0 Å². The Kier molecular flexibility index (Phi) is 0.228. The first-order chi connectivity index (χ1) is 1.89. The molecular weight excluding hydrogens is 56.0 g/mol. The molecule has 0 radical (unpaired) electrons. The molecule has 0 aromatic carbocycles. The van der Waals surface area contributed by atoms with Crippen molar-refractivity contribution in [1.82, 2.24) is 5.48 Å². The van der Waals surface area contributed by atoms with Crippen LogP contribution in [-0.4, -0.2) is 6.35 Å². The molecule has 0 aromatic heterocycles. The van der Waals surface area contributed by atoms with Gasteiger partial charge in [0.15, 0.2) is 0 Å². The smallest absolute Gasteiger partial charge is 0.202 e. The Labute approximate surface area is 23.7 Å². The highest BCUT2D eigenvalue weighted by Crippen LogP contribution is 1.83. The molecule has 1 saturated heterocycles. The van der Waals surface area contributed by atoms with Gasteiger partial charge in [-0.05, 0) is 0 Å². The van der Waals surface area contributed by atoms with Crippen molar-refractivity contribution in [2.45, 2.75) is 6.35 Å². The zero-order valence-electron chi connectivity index (χ0n) is 2.06. The van der Waals surface area contributed by atoms with Gasteiger partial charge in [0.25, 0.3) is 0 Å². The molecule has 1 heterocycles. The largest absolute Gasteiger partial charge is 0.290 e. The molecule has 3 nitrogen and oxygen atoms in total. The van der Waals surface area contributed by atoms with Gasteiger partial charge in [0, 0.05) is 0 Å². The van der Waals surface area contributed by atoms with Gasteiger partial charge in [-0.2, -0.15) is 5.48 Å². The van der Waals surface area contributed by atoms with Crippen molar-refractivity contribution in [2.24, 2.45) is 5.73 Å². The van der Waals surface area contributed by atoms with Crippen molar-refractivity contribution in [1.29, 1.82) is 0 Å². The third kappa shape index (κ3) is 0.176. The van der Waals surface area contributed by atoms with E-state index >= 15 is 0 Å². The lowest BCUT2D eigenvalue weighted by atomic mass is 11.2. The molecule has 3 heteroatoms. The Morgan fingerprint density at radius 2 is 2.25 bits per heavy atom. The zero-order valence-corrected chi connectivity index (χ0v) is 2.06. The van der Waals surface area contributed by atoms with Crippen molar-refractivity contribution in [2.75, 3.05) is 0 Å². The average Bonchev–Trinajstić information content (AvgIpc) is 1.75. The van der Waals surface area contributed by atoms with Crippen LogP contribution in [0.25, 0.3) is 0 Å². The molecular formula is CH4N2O. The summed E-state index contributed by atoms with van der Waals surface area (Å²) in [6.45, 7) is 0. The van der Waals surface area contributed by atoms with Gasteiger partial charge < -0.3 is 0 Å². The highest BCUT2D eigenvalue weighted by molar-refractivity contribution is 4.39. The number of hydrogen-bond donors (Lipinski definition) is 2. The molecule has 0 bridgehead atoms. The fourth-order valence-electron chi connectivity index (χ4n) is 0.0393. The number of rotatable bonds is 0. The lowest BCUT2D eigenvalue weighted by Crippen LogP contribution is -2.02. The Morgan fingerprint density at radius 3 is 2.25 bits per heavy atom. The van der Waals surface area contributed by atoms with Crippen LogP contribution in [0.15, 0.2) is 0 Å². The van der Waals surface area contributed by atoms with Crippen LogP contribution in [0.3, 0.4) is 0 Å². The van der Waals surface area contributed by atoms with Crippen LogP contribution in [0.1, 0.15) is 0 Å². The van der Waals surface area contributed by atoms with E-state index in [1.165, 1.54) is 0 Å². The average molecular weight is 60.1 g/mol. The minimum Gasteiger partial charge on any atom is -0.290 e. The van der Waals surface area contributed by atoms with Gasteiger partial charge in [0.2, 0.25) is 6.35 Å². The molecule has 0 saturated carbocycles. The molecule has 1 atom stereocenters. The van der Waals surface area contributed by atoms with E-state index in [2.05, 4.69) is 10.3 Å². The van der Waals surface area contributed by atoms with Gasteiger partial charge in [-0.3, -0.25) is 10.6 Å². The van der Waals surface area contributed by atoms with E-state index in [4.69, 9.17) is 5.73 Å². The number of hydrogen-bond acceptors (Lipinski definition) is 3. The topological polar surface area (TPSA) is 60.5 Å². The highest BCUT2D eigenvalue weighted by Gasteiger charge is 2.12. The van der Waals surface area contributed by atoms with E-state index in [0.29, 0.717) is 0 Å². The lowest BCUT2D eigenvalue weighted by Gasteiger charge is -1.50. The molecule has 1 unspecified atom stereocenters. The second kappa shape index (κ2) is 0.427. The highest BCUT2D eigenvalue weighted by atomic mass is 16.8. The van der Waals surface area contributed by atoms with Gasteiger partial charge in [0.05, 0.1) is 0 Å². The maximum absolute atomic E-state index is 4.89. The molecule has 1 aliphatic rings. The summed E-state index contributed by atoms with van der Waals surface area (Å²) < 4.78 is 0. The van der Waals surface area contributed by atoms with E-state index in [0.717, 1.165) is 0 Å². The fourth-order valence-corrected chi connectivity index (χ4v) is 0.0393. The van der Waals surface area contributed by atoms with Crippen LogP contribution in [0.4, 0.5) is 0 Å². The molecule has 3 N–H and O–H groups in total. The third-order valence-corrected chi connectivity index (χ3v) is 0.254. The van der Waals surface area contributed by atoms with Crippen LogP contribution >= 0.6 is 0 Å². The second-order valence-corrected chi connectivity index (χ2v) is 0.656. The van der Waals surface area contributed by atoms with Crippen LogP contribution < -0.4 is 11.2 Å². The van der Waals surface area contributed by atoms with E-state index in [9.17, 15) is 0 Å². The van der Waals surface area contributed by atoms with E-state index in [-0.39, 0.29) is 6.35 Å². The van der Waals surface area contributed by atoms with Crippen molar-refractivity contribution < 1.29 is 4.84 Å². The first-order valence-corrected chi connectivity index (χ1v) is 1.06. The van der Waals surface area contributed by atoms with Gasteiger partial charge in [-0.1, -0.05) is 0 Å². The summed E-state index contributed by atoms with van der Waals surface area (Å²) >= 11 is 0. The van der Waals surface area contributed by atoms with Crippen molar-refractivity contribution >= 4 is 0 Å². The Bertz CT molecular complexity index is 25.2. The second-order valence-electron chi connectivity index (χ2n) is 0.656. The predicted octanol–water partition coefficient (Wildman–Crippen LogP) is -1.24. The molecule has 0 aliphatic carbocycles. The normalized spacial score (nSPS) is 39.8. The fraction of sp³-hybridized carbons (Fsp3) is 1.00. The van der Waals surface area contributed by atoms with E-state index in [1.54, 1.807) is 0 Å². The summed E-state index contributed by atoms with van der Waals surface area (Å²) in [6, 6.07) is 0. The minimum absolute atomic E-state index is 0.167. The van der Waals surface area contributed by atoms with Crippen LogP contribution in [0.5, 0.6) is 0 Å². The summed E-state index contributed by atoms with van der Waals surface area (Å²) in [5.41, 5.74) is 7.26. The standard InChI is InChI=1S/CH4N2O/c2-1-3-4-1/h1,3H,2H2. The van der Waals surface area contributed by atoms with Gasteiger partial charge in [-0.25, -0.2) is 0 Å². The molecule has 1 fully saturated rings. The summed E-state index contributed by atoms with van der Waals surface area (Å²) in [4.78, 5) is 4.24. The third-order valence-electron chi connectivity index (χ3n) is 0.254. The maximum atomic E-state index is 4.89. The maximum Gasteiger partial charge on any atom is 0.202 e. The quantitative estimate of drug-likeness (QED) is 0.344. The minimum atomic E-state index is -0.167. The molecule has 0 aromatic rings. The van der Waals surface area contributed by atoms with Crippen LogP contribution in [-0.2, 0) is 4.84 Å². The van der Waals surface area contributed by atoms with Crippen molar-refractivity contribution in [3.63, 3.8) is 0 Å². The molecule has 0 amide bonds.